The van der Waals surface area contributed by atoms with Gasteiger partial charge in [-0.2, -0.15) is 5.10 Å². The highest BCUT2D eigenvalue weighted by Crippen LogP contribution is 2.38. The molecule has 4 rings (SSSR count). The van der Waals surface area contributed by atoms with Crippen LogP contribution < -0.4 is 26.0 Å². The van der Waals surface area contributed by atoms with Gasteiger partial charge in [-0.3, -0.25) is 24.4 Å². The maximum absolute atomic E-state index is 12.7. The van der Waals surface area contributed by atoms with Gasteiger partial charge in [-0.05, 0) is 31.0 Å². The fraction of sp³-hybridized carbons (Fsp3) is 0.346. The topological polar surface area (TPSA) is 209 Å². The quantitative estimate of drug-likeness (QED) is 0.138. The molecule has 218 valence electrons. The Morgan fingerprint density at radius 3 is 2.59 bits per heavy atom. The molecule has 1 aromatic carbocycles. The van der Waals surface area contributed by atoms with E-state index >= 15 is 0 Å². The molecule has 1 aliphatic carbocycles. The molecule has 0 unspecified atom stereocenters. The first kappa shape index (κ1) is 29.4. The summed E-state index contributed by atoms with van der Waals surface area (Å²) in [6.45, 7) is 0.741. The number of amides is 3. The standard InChI is InChI=1S/C26H31N7O8/c1-40-14-22(34)27-9-11-33-10-8-18(32-33)16-4-3-5-19(23(16)41-2)29-20-12-21(30-24(35)15-6-7-15)28-13-17(20)25(36)31-26(37,38)39/h3-5,8,10,12-13,15,37-39H,6-7,9,11,14H2,1-2H3,(H,27,34)(H,31,36)(H2,28,29,30,35). The van der Waals surface area contributed by atoms with Gasteiger partial charge in [0.25, 0.3) is 5.91 Å². The lowest BCUT2D eigenvalue weighted by Crippen LogP contribution is -2.48. The first-order chi connectivity index (χ1) is 19.6. The van der Waals surface area contributed by atoms with E-state index in [1.165, 1.54) is 20.3 Å². The van der Waals surface area contributed by atoms with Crippen LogP contribution in [-0.2, 0) is 20.9 Å². The van der Waals surface area contributed by atoms with Crippen LogP contribution >= 0.6 is 0 Å². The summed E-state index contributed by atoms with van der Waals surface area (Å²) in [5.41, 5.74) is 1.56. The number of hydrogen-bond donors (Lipinski definition) is 7. The molecule has 1 fully saturated rings. The van der Waals surface area contributed by atoms with Crippen LogP contribution in [0, 0.1) is 5.92 Å². The van der Waals surface area contributed by atoms with Gasteiger partial charge in [0.15, 0.2) is 5.75 Å². The highest BCUT2D eigenvalue weighted by atomic mass is 16.7. The van der Waals surface area contributed by atoms with Crippen LogP contribution in [0.2, 0.25) is 0 Å². The normalized spacial score (nSPS) is 12.9. The lowest BCUT2D eigenvalue weighted by molar-refractivity contribution is -0.323. The van der Waals surface area contributed by atoms with Gasteiger partial charge in [-0.15, -0.1) is 0 Å². The fourth-order valence-corrected chi connectivity index (χ4v) is 3.93. The maximum atomic E-state index is 12.7. The number of hydrogen-bond acceptors (Lipinski definition) is 11. The number of carbonyl (C=O) groups excluding carboxylic acids is 3. The van der Waals surface area contributed by atoms with Crippen LogP contribution in [0.3, 0.4) is 0 Å². The highest BCUT2D eigenvalue weighted by Gasteiger charge is 2.30. The summed E-state index contributed by atoms with van der Waals surface area (Å²) in [4.78, 5) is 40.7. The zero-order valence-electron chi connectivity index (χ0n) is 22.4. The van der Waals surface area contributed by atoms with Crippen molar-refractivity contribution in [3.8, 4) is 17.0 Å². The van der Waals surface area contributed by atoms with E-state index < -0.39 is 12.0 Å². The monoisotopic (exact) mass is 569 g/mol. The lowest BCUT2D eigenvalue weighted by atomic mass is 10.1. The Morgan fingerprint density at radius 2 is 1.90 bits per heavy atom. The van der Waals surface area contributed by atoms with Gasteiger partial charge in [-0.25, -0.2) is 4.98 Å². The van der Waals surface area contributed by atoms with E-state index in [0.717, 1.165) is 19.0 Å². The van der Waals surface area contributed by atoms with Crippen LogP contribution in [-0.4, -0.2) is 81.3 Å². The van der Waals surface area contributed by atoms with Crippen LogP contribution in [0.4, 0.5) is 17.2 Å². The molecule has 7 N–H and O–H groups in total. The zero-order chi connectivity index (χ0) is 29.6. The summed E-state index contributed by atoms with van der Waals surface area (Å²) < 4.78 is 12.1. The molecule has 1 aliphatic rings. The van der Waals surface area contributed by atoms with Gasteiger partial charge < -0.3 is 40.7 Å². The predicted octanol–water partition coefficient (Wildman–Crippen LogP) is 0.126. The Morgan fingerprint density at radius 1 is 1.12 bits per heavy atom. The Balaban J connectivity index is 1.60. The van der Waals surface area contributed by atoms with E-state index in [0.29, 0.717) is 35.8 Å². The summed E-state index contributed by atoms with van der Waals surface area (Å²) in [6, 6.07) is 8.39. The third kappa shape index (κ3) is 7.98. The summed E-state index contributed by atoms with van der Waals surface area (Å²) in [5, 5.41) is 42.4. The van der Waals surface area contributed by atoms with Gasteiger partial charge in [0.1, 0.15) is 12.4 Å². The number of benzene rings is 1. The molecule has 2 heterocycles. The summed E-state index contributed by atoms with van der Waals surface area (Å²) >= 11 is 0. The smallest absolute Gasteiger partial charge is 0.369 e. The Bertz CT molecular complexity index is 1420. The molecule has 0 spiro atoms. The van der Waals surface area contributed by atoms with Crippen molar-refractivity contribution in [2.24, 2.45) is 5.92 Å². The third-order valence-corrected chi connectivity index (χ3v) is 5.97. The third-order valence-electron chi connectivity index (χ3n) is 5.97. The maximum Gasteiger partial charge on any atom is 0.369 e. The molecule has 1 saturated carbocycles. The van der Waals surface area contributed by atoms with E-state index in [4.69, 9.17) is 9.47 Å². The van der Waals surface area contributed by atoms with Crippen molar-refractivity contribution in [1.82, 2.24) is 25.4 Å². The van der Waals surface area contributed by atoms with Crippen molar-refractivity contribution >= 4 is 34.9 Å². The minimum Gasteiger partial charge on any atom is -0.494 e. The number of para-hydroxylation sites is 1. The molecular formula is C26H31N7O8. The van der Waals surface area contributed by atoms with Crippen molar-refractivity contribution in [2.75, 3.05) is 38.0 Å². The van der Waals surface area contributed by atoms with Gasteiger partial charge in [-0.1, -0.05) is 6.07 Å². The molecule has 0 aliphatic heterocycles. The Kier molecular flexibility index (Phi) is 9.14. The Labute approximate surface area is 234 Å². The summed E-state index contributed by atoms with van der Waals surface area (Å²) in [5.74, 6) is -1.04. The number of nitrogens with zero attached hydrogens (tertiary/aromatic N) is 3. The number of aliphatic hydroxyl groups is 3. The summed E-state index contributed by atoms with van der Waals surface area (Å²) in [7, 11) is 2.90. The van der Waals surface area contributed by atoms with Crippen LogP contribution in [0.15, 0.2) is 42.7 Å². The highest BCUT2D eigenvalue weighted by molar-refractivity contribution is 6.02. The molecule has 0 bridgehead atoms. The number of carbonyl (C=O) groups is 3. The average molecular weight is 570 g/mol. The number of anilines is 3. The number of aromatic nitrogens is 3. The first-order valence-electron chi connectivity index (χ1n) is 12.6. The van der Waals surface area contributed by atoms with E-state index in [2.05, 4.69) is 26.0 Å². The predicted molar refractivity (Wildman–Crippen MR) is 145 cm³/mol. The SMILES string of the molecule is COCC(=O)NCCn1ccc(-c2cccc(Nc3cc(NC(=O)C4CC4)ncc3C(=O)NC(O)(O)O)c2OC)n1. The molecule has 3 amide bonds. The van der Waals surface area contributed by atoms with Crippen LogP contribution in [0.25, 0.3) is 11.3 Å². The Hall–Kier alpha value is -4.57. The van der Waals surface area contributed by atoms with E-state index in [1.54, 1.807) is 40.5 Å². The number of nitrogens with one attached hydrogen (secondary N) is 4. The van der Waals surface area contributed by atoms with Crippen molar-refractivity contribution < 1.29 is 39.2 Å². The van der Waals surface area contributed by atoms with Crippen LogP contribution in [0.5, 0.6) is 5.75 Å². The van der Waals surface area contributed by atoms with Crippen LogP contribution in [0.1, 0.15) is 23.2 Å². The molecule has 0 saturated heterocycles. The van der Waals surface area contributed by atoms with E-state index in [1.807, 2.05) is 0 Å². The second kappa shape index (κ2) is 12.7. The minimum atomic E-state index is -3.46. The van der Waals surface area contributed by atoms with E-state index in [-0.39, 0.29) is 41.4 Å². The molecule has 15 nitrogen and oxygen atoms in total. The molecule has 0 radical (unpaired) electrons. The van der Waals surface area contributed by atoms with Crippen molar-refractivity contribution in [3.05, 3.63) is 48.3 Å². The summed E-state index contributed by atoms with van der Waals surface area (Å²) in [6.07, 6.45) is 0.977. The van der Waals surface area contributed by atoms with Gasteiger partial charge in [0, 0.05) is 43.6 Å². The molecular weight excluding hydrogens is 538 g/mol. The van der Waals surface area contributed by atoms with Crippen molar-refractivity contribution in [3.63, 3.8) is 0 Å². The molecule has 0 atom stereocenters. The minimum absolute atomic E-state index is 0.0303. The lowest BCUT2D eigenvalue weighted by Gasteiger charge is -2.19. The van der Waals surface area contributed by atoms with E-state index in [9.17, 15) is 29.7 Å². The zero-order valence-corrected chi connectivity index (χ0v) is 22.4. The second-order valence-corrected chi connectivity index (χ2v) is 9.23. The molecule has 15 heteroatoms. The average Bonchev–Trinajstić information content (AvgIpc) is 3.66. The molecule has 3 aromatic rings. The second-order valence-electron chi connectivity index (χ2n) is 9.23. The first-order valence-corrected chi connectivity index (χ1v) is 12.6. The van der Waals surface area contributed by atoms with Crippen molar-refractivity contribution in [2.45, 2.75) is 25.5 Å². The van der Waals surface area contributed by atoms with Crippen molar-refractivity contribution in [1.29, 1.82) is 0 Å². The van der Waals surface area contributed by atoms with Gasteiger partial charge in [0.2, 0.25) is 11.8 Å². The number of methoxy groups -OCH3 is 2. The van der Waals surface area contributed by atoms with Gasteiger partial charge >= 0.3 is 6.10 Å². The number of ether oxygens (including phenoxy) is 2. The molecule has 41 heavy (non-hydrogen) atoms. The number of pyridine rings is 1. The molecule has 2 aromatic heterocycles. The van der Waals surface area contributed by atoms with Gasteiger partial charge in [0.05, 0.1) is 36.3 Å². The largest absolute Gasteiger partial charge is 0.494 e. The fourth-order valence-electron chi connectivity index (χ4n) is 3.93. The number of rotatable bonds is 13.